The number of carbonyl (C=O) groups excluding carboxylic acids is 1. The largest absolute Gasteiger partial charge is 0.461 e. The Morgan fingerprint density at radius 2 is 1.32 bits per heavy atom. The number of rotatable bonds is 8. The van der Waals surface area contributed by atoms with Gasteiger partial charge in [0.05, 0.1) is 5.71 Å². The zero-order valence-electron chi connectivity index (χ0n) is 23.6. The van der Waals surface area contributed by atoms with Gasteiger partial charge < -0.3 is 4.74 Å². The normalized spacial score (nSPS) is 13.9. The second kappa shape index (κ2) is 18.4. The van der Waals surface area contributed by atoms with Crippen LogP contribution in [-0.2, 0) is 21.7 Å². The SMILES string of the molecule is CC.CC.O=C(OC1CCCCCC1)C(Cc1cccc(CS)c1)N=C(c1ccccc1)c1ccccc1. The molecule has 1 aliphatic carbocycles. The van der Waals surface area contributed by atoms with Gasteiger partial charge in [0.15, 0.2) is 6.04 Å². The highest BCUT2D eigenvalue weighted by atomic mass is 32.1. The van der Waals surface area contributed by atoms with Crippen LogP contribution in [0.25, 0.3) is 0 Å². The van der Waals surface area contributed by atoms with Gasteiger partial charge in [-0.25, -0.2) is 4.79 Å². The molecule has 0 heterocycles. The molecule has 4 heteroatoms. The Kier molecular flexibility index (Phi) is 15.2. The zero-order chi connectivity index (χ0) is 27.6. The summed E-state index contributed by atoms with van der Waals surface area (Å²) in [7, 11) is 0. The van der Waals surface area contributed by atoms with E-state index in [-0.39, 0.29) is 12.1 Å². The lowest BCUT2D eigenvalue weighted by atomic mass is 10.00. The summed E-state index contributed by atoms with van der Waals surface area (Å²) in [4.78, 5) is 18.6. The highest BCUT2D eigenvalue weighted by Crippen LogP contribution is 2.22. The maximum atomic E-state index is 13.5. The van der Waals surface area contributed by atoms with E-state index in [4.69, 9.17) is 9.73 Å². The van der Waals surface area contributed by atoms with Crippen molar-refractivity contribution in [2.24, 2.45) is 4.99 Å². The Hall–Kier alpha value is -2.85. The average Bonchev–Trinajstić information content (AvgIpc) is 3.27. The van der Waals surface area contributed by atoms with Gasteiger partial charge in [-0.2, -0.15) is 12.6 Å². The van der Waals surface area contributed by atoms with E-state index in [1.807, 2.05) is 94.4 Å². The highest BCUT2D eigenvalue weighted by Gasteiger charge is 2.25. The molecular formula is C34H45NO2S. The number of thiol groups is 1. The Morgan fingerprint density at radius 1 is 0.789 bits per heavy atom. The molecule has 0 radical (unpaired) electrons. The quantitative estimate of drug-likeness (QED) is 0.136. The number of hydrogen-bond acceptors (Lipinski definition) is 4. The third-order valence-electron chi connectivity index (χ3n) is 6.34. The van der Waals surface area contributed by atoms with Crippen molar-refractivity contribution in [2.45, 2.75) is 90.5 Å². The molecule has 4 rings (SSSR count). The van der Waals surface area contributed by atoms with E-state index in [1.165, 1.54) is 12.8 Å². The second-order valence-electron chi connectivity index (χ2n) is 8.96. The van der Waals surface area contributed by atoms with E-state index in [1.54, 1.807) is 0 Å². The first-order chi connectivity index (χ1) is 18.7. The molecule has 1 fully saturated rings. The maximum Gasteiger partial charge on any atom is 0.331 e. The number of esters is 1. The standard InChI is InChI=1S/C30H33NO2S.2C2H6/c32-30(33-27-18-9-1-2-10-19-27)28(21-23-12-11-13-24(20-23)22-34)31-29(25-14-5-3-6-15-25)26-16-7-4-8-17-26;2*1-2/h3-8,11-17,20,27-28,34H,1-2,9-10,18-19,21-22H2;2*1-2H3. The number of ether oxygens (including phenoxy) is 1. The second-order valence-corrected chi connectivity index (χ2v) is 9.27. The van der Waals surface area contributed by atoms with Crippen molar-refractivity contribution in [3.05, 3.63) is 107 Å². The monoisotopic (exact) mass is 531 g/mol. The van der Waals surface area contributed by atoms with E-state index in [9.17, 15) is 4.79 Å². The van der Waals surface area contributed by atoms with Crippen LogP contribution < -0.4 is 0 Å². The molecule has 1 unspecified atom stereocenters. The lowest BCUT2D eigenvalue weighted by Crippen LogP contribution is -2.30. The van der Waals surface area contributed by atoms with Gasteiger partial charge in [-0.05, 0) is 36.8 Å². The fourth-order valence-electron chi connectivity index (χ4n) is 4.53. The molecule has 0 spiro atoms. The van der Waals surface area contributed by atoms with Crippen LogP contribution in [0.4, 0.5) is 0 Å². The van der Waals surface area contributed by atoms with Gasteiger partial charge in [0, 0.05) is 23.3 Å². The van der Waals surface area contributed by atoms with Crippen LogP contribution in [0, 0.1) is 0 Å². The van der Waals surface area contributed by atoms with Crippen molar-refractivity contribution in [3.63, 3.8) is 0 Å². The van der Waals surface area contributed by atoms with Crippen molar-refractivity contribution in [2.75, 3.05) is 0 Å². The molecule has 0 N–H and O–H groups in total. The lowest BCUT2D eigenvalue weighted by molar-refractivity contribution is -0.151. The first-order valence-electron chi connectivity index (χ1n) is 14.3. The van der Waals surface area contributed by atoms with Crippen LogP contribution in [0.2, 0.25) is 0 Å². The summed E-state index contributed by atoms with van der Waals surface area (Å²) in [5.74, 6) is 0.431. The molecule has 1 aliphatic rings. The van der Waals surface area contributed by atoms with Gasteiger partial charge in [0.2, 0.25) is 0 Å². The van der Waals surface area contributed by atoms with E-state index in [2.05, 4.69) is 30.8 Å². The predicted molar refractivity (Wildman–Crippen MR) is 165 cm³/mol. The van der Waals surface area contributed by atoms with Gasteiger partial charge in [0.1, 0.15) is 6.10 Å². The molecule has 38 heavy (non-hydrogen) atoms. The Balaban J connectivity index is 0.00000121. The van der Waals surface area contributed by atoms with Crippen LogP contribution in [0.15, 0.2) is 89.9 Å². The first-order valence-corrected chi connectivity index (χ1v) is 14.9. The highest BCUT2D eigenvalue weighted by molar-refractivity contribution is 7.79. The summed E-state index contributed by atoms with van der Waals surface area (Å²) in [5, 5.41) is 0. The van der Waals surface area contributed by atoms with E-state index in [0.717, 1.165) is 53.6 Å². The van der Waals surface area contributed by atoms with Gasteiger partial charge in [0.25, 0.3) is 0 Å². The van der Waals surface area contributed by atoms with Gasteiger partial charge in [-0.1, -0.05) is 125 Å². The van der Waals surface area contributed by atoms with Gasteiger partial charge >= 0.3 is 5.97 Å². The molecule has 3 nitrogen and oxygen atoms in total. The minimum absolute atomic E-state index is 0.00613. The van der Waals surface area contributed by atoms with Crippen LogP contribution in [0.5, 0.6) is 0 Å². The molecular weight excluding hydrogens is 486 g/mol. The fraction of sp³-hybridized carbons (Fsp3) is 0.412. The Bertz CT molecular complexity index is 1030. The Labute approximate surface area is 236 Å². The molecule has 1 saturated carbocycles. The van der Waals surface area contributed by atoms with E-state index < -0.39 is 6.04 Å². The summed E-state index contributed by atoms with van der Waals surface area (Å²) >= 11 is 4.42. The minimum atomic E-state index is -0.617. The third kappa shape index (κ3) is 10.1. The van der Waals surface area contributed by atoms with Crippen molar-refractivity contribution < 1.29 is 9.53 Å². The molecule has 3 aromatic rings. The molecule has 0 bridgehead atoms. The number of benzene rings is 3. The van der Waals surface area contributed by atoms with Crippen LogP contribution in [0.1, 0.15) is 88.5 Å². The van der Waals surface area contributed by atoms with Crippen LogP contribution in [0.3, 0.4) is 0 Å². The molecule has 204 valence electrons. The maximum absolute atomic E-state index is 13.5. The Morgan fingerprint density at radius 3 is 1.84 bits per heavy atom. The summed E-state index contributed by atoms with van der Waals surface area (Å²) in [5.41, 5.74) is 5.00. The topological polar surface area (TPSA) is 38.7 Å². The lowest BCUT2D eigenvalue weighted by Gasteiger charge is -2.20. The first kappa shape index (κ1) is 31.4. The third-order valence-corrected chi connectivity index (χ3v) is 6.70. The van der Waals surface area contributed by atoms with Crippen molar-refractivity contribution >= 4 is 24.3 Å². The molecule has 0 amide bonds. The molecule has 1 atom stereocenters. The smallest absolute Gasteiger partial charge is 0.331 e. The van der Waals surface area contributed by atoms with Crippen LogP contribution >= 0.6 is 12.6 Å². The average molecular weight is 532 g/mol. The van der Waals surface area contributed by atoms with E-state index >= 15 is 0 Å². The van der Waals surface area contributed by atoms with Crippen molar-refractivity contribution in [1.29, 1.82) is 0 Å². The van der Waals surface area contributed by atoms with E-state index in [0.29, 0.717) is 12.2 Å². The van der Waals surface area contributed by atoms with Crippen LogP contribution in [-0.4, -0.2) is 23.8 Å². The summed E-state index contributed by atoms with van der Waals surface area (Å²) in [6.07, 6.45) is 7.06. The summed E-state index contributed by atoms with van der Waals surface area (Å²) < 4.78 is 6.07. The molecule has 0 aliphatic heterocycles. The zero-order valence-corrected chi connectivity index (χ0v) is 24.5. The minimum Gasteiger partial charge on any atom is -0.461 e. The predicted octanol–water partition coefficient (Wildman–Crippen LogP) is 8.88. The molecule has 3 aromatic carbocycles. The van der Waals surface area contributed by atoms with Gasteiger partial charge in [-0.3, -0.25) is 4.99 Å². The summed E-state index contributed by atoms with van der Waals surface area (Å²) in [6, 6.07) is 27.8. The summed E-state index contributed by atoms with van der Waals surface area (Å²) in [6.45, 7) is 8.00. The molecule has 0 saturated heterocycles. The number of carbonyl (C=O) groups is 1. The van der Waals surface area contributed by atoms with Crippen molar-refractivity contribution in [1.82, 2.24) is 0 Å². The number of hydrogen-bond donors (Lipinski definition) is 1. The fourth-order valence-corrected chi connectivity index (χ4v) is 4.72. The number of aliphatic imine (C=N–C) groups is 1. The number of nitrogens with zero attached hydrogens (tertiary/aromatic N) is 1. The molecule has 0 aromatic heterocycles. The van der Waals surface area contributed by atoms with Gasteiger partial charge in [-0.15, -0.1) is 0 Å². The van der Waals surface area contributed by atoms with Crippen molar-refractivity contribution in [3.8, 4) is 0 Å².